The van der Waals surface area contributed by atoms with E-state index < -0.39 is 118 Å². The van der Waals surface area contributed by atoms with E-state index in [9.17, 15) is 124 Å². The minimum absolute atomic E-state index is 0.0357. The summed E-state index contributed by atoms with van der Waals surface area (Å²) in [5.74, 6) is -8.66. The summed E-state index contributed by atoms with van der Waals surface area (Å²) in [6.45, 7) is 15.7. The van der Waals surface area contributed by atoms with E-state index in [0.717, 1.165) is 137 Å². The van der Waals surface area contributed by atoms with Crippen LogP contribution in [-0.4, -0.2) is 94.6 Å². The number of aryl methyl sites for hydroxylation is 9. The quantitative estimate of drug-likeness (QED) is 0.0477. The van der Waals surface area contributed by atoms with Crippen molar-refractivity contribution in [3.63, 3.8) is 0 Å². The van der Waals surface area contributed by atoms with Crippen molar-refractivity contribution in [2.75, 3.05) is 0 Å². The molecule has 706 valence electrons. The van der Waals surface area contributed by atoms with Crippen LogP contribution in [0.5, 0.6) is 80.5 Å². The van der Waals surface area contributed by atoms with Crippen LogP contribution in [0.25, 0.3) is 44.5 Å². The molecule has 13 aromatic carbocycles. The lowest BCUT2D eigenvalue weighted by Gasteiger charge is -2.20. The van der Waals surface area contributed by atoms with Crippen LogP contribution in [-0.2, 0) is 0 Å². The molecule has 26 heteroatoms. The van der Waals surface area contributed by atoms with Gasteiger partial charge in [0, 0.05) is 50.2 Å². The van der Waals surface area contributed by atoms with Crippen molar-refractivity contribution in [2.24, 2.45) is 11.8 Å². The highest BCUT2D eigenvalue weighted by atomic mass is 79.9. The van der Waals surface area contributed by atoms with Crippen molar-refractivity contribution in [3.05, 3.63) is 402 Å². The number of ketones is 4. The lowest BCUT2D eigenvalue weighted by molar-refractivity contribution is 0.0887. The molecule has 0 spiro atoms. The third-order valence-electron chi connectivity index (χ3n) is 23.1. The van der Waals surface area contributed by atoms with Crippen molar-refractivity contribution in [1.29, 1.82) is 0 Å². The van der Waals surface area contributed by atoms with Gasteiger partial charge in [-0.3, -0.25) is 52.7 Å². The molecule has 2 aliphatic carbocycles. The first kappa shape index (κ1) is 105. The fraction of sp³-hybridized carbons (Fsp3) is 0.198. The standard InChI is InChI=1S/C21H16O4.C16H20O4.C15H18O4.C15H12O4.2C15H14O3.C14H11BrO3/c1-13-11-18(22)21(25)19(23)12-17(13)20(24)16-9-7-15(8-10-16)14-5-3-2-4-6-14;1-10-7-14(18)16(20)15(19)9-12(10)13(17)8-11-5-3-2-4-6-11;2*1-9-7-12(16)15(19)13(17)8-11(9)14(18)10-5-3-2-4-6-10;2*1-9-3-5-11(6-4-9)12-8-14(17)15(18)13(16)7-10(12)2;1-8-5-12(16)14(18)13(17)7-11(8)9-3-2-4-10(15)6-9/h2-12H,1H3,(H2,22,23,25);7,9,11H,2-6,8H2,1H3,(H2,18,19,20);7-8,10H,2-6H2,1H3,(H2,16,17,19);2-8H,1H3,(H2,16,17,19);2*3-8H,1-2H3,(H2,16,17,18);2-7H,1H3,(H2,16,17,18). The number of carbonyl (C=O) groups is 4. The van der Waals surface area contributed by atoms with Gasteiger partial charge < -0.3 is 71.5 Å². The van der Waals surface area contributed by atoms with Gasteiger partial charge in [-0.1, -0.05) is 224 Å². The van der Waals surface area contributed by atoms with Crippen LogP contribution in [0, 0.1) is 74.1 Å². The molecule has 0 bridgehead atoms. The topological polar surface area (TPSA) is 471 Å². The fourth-order valence-electron chi connectivity index (χ4n) is 15.3. The third-order valence-corrected chi connectivity index (χ3v) is 23.6. The van der Waals surface area contributed by atoms with Crippen molar-refractivity contribution in [1.82, 2.24) is 0 Å². The molecule has 2 saturated carbocycles. The molecule has 0 amide bonds. The first-order chi connectivity index (χ1) is 64.9. The van der Waals surface area contributed by atoms with E-state index in [4.69, 9.17) is 0 Å². The predicted molar refractivity (Wildman–Crippen MR) is 531 cm³/mol. The molecule has 15 rings (SSSR count). The smallest absolute Gasteiger partial charge is 0.224 e. The van der Waals surface area contributed by atoms with E-state index in [-0.39, 0.29) is 40.2 Å². The van der Waals surface area contributed by atoms with E-state index in [1.165, 1.54) is 67.1 Å². The van der Waals surface area contributed by atoms with Gasteiger partial charge in [-0.05, 0) is 262 Å². The summed E-state index contributed by atoms with van der Waals surface area (Å²) >= 11 is 3.37. The van der Waals surface area contributed by atoms with Gasteiger partial charge in [0.2, 0.25) is 78.2 Å². The van der Waals surface area contributed by atoms with Crippen LogP contribution in [0.1, 0.15) is 173 Å². The summed E-state index contributed by atoms with van der Waals surface area (Å²) in [7, 11) is 0. The summed E-state index contributed by atoms with van der Waals surface area (Å²) in [6, 6.07) is 65.9. The van der Waals surface area contributed by atoms with Crippen molar-refractivity contribution in [2.45, 2.75) is 133 Å². The number of rotatable bonds is 13. The average molecular weight is 1920 g/mol. The number of hydrogen-bond acceptors (Lipinski definition) is 25. The lowest BCUT2D eigenvalue weighted by atomic mass is 9.83. The van der Waals surface area contributed by atoms with Crippen LogP contribution in [0.4, 0.5) is 0 Å². The van der Waals surface area contributed by atoms with Gasteiger partial charge in [0.05, 0.1) is 0 Å². The van der Waals surface area contributed by atoms with Gasteiger partial charge in [0.15, 0.2) is 63.4 Å². The summed E-state index contributed by atoms with van der Waals surface area (Å²) in [5.41, 5.74) is 10.3. The van der Waals surface area contributed by atoms with Crippen molar-refractivity contribution in [3.8, 4) is 125 Å². The third kappa shape index (κ3) is 28.0. The Morgan fingerprint density at radius 1 is 0.263 bits per heavy atom. The zero-order valence-corrected chi connectivity index (χ0v) is 78.2. The molecule has 0 unspecified atom stereocenters. The second-order valence-electron chi connectivity index (χ2n) is 33.4. The van der Waals surface area contributed by atoms with E-state index in [1.54, 1.807) is 90.9 Å². The molecule has 137 heavy (non-hydrogen) atoms. The SMILES string of the molecule is Cc1cc(=O)c(O)c(O)cc1-c1cccc(Br)c1.Cc1cc(=O)c(O)c(O)cc1C(=O)C1CCCCC1.Cc1cc(=O)c(O)c(O)cc1C(=O)CC1CCCCC1.Cc1cc(=O)c(O)c(O)cc1C(=O)c1ccc(-c2ccccc2)cc1.Cc1cc(=O)c(O)c(O)cc1C(=O)c1ccccc1.Cc1ccc(-c2cc(O)c(O)c(=O)cc2C)cc1.Cc1ccc(-c2cc(O)c(O)c(=O)cc2C)cc1. The van der Waals surface area contributed by atoms with Crippen LogP contribution in [0.15, 0.2) is 281 Å². The Bertz CT molecular complexity index is 7030. The summed E-state index contributed by atoms with van der Waals surface area (Å²) < 4.78 is 0.900. The van der Waals surface area contributed by atoms with Gasteiger partial charge in [0.25, 0.3) is 0 Å². The highest BCUT2D eigenvalue weighted by molar-refractivity contribution is 9.10. The minimum atomic E-state index is -0.762. The van der Waals surface area contributed by atoms with Crippen LogP contribution < -0.4 is 38.0 Å². The van der Waals surface area contributed by atoms with Gasteiger partial charge in [-0.15, -0.1) is 0 Å². The second kappa shape index (κ2) is 48.0. The maximum Gasteiger partial charge on any atom is 0.224 e. The molecule has 0 heterocycles. The maximum atomic E-state index is 12.7. The normalized spacial score (nSPS) is 12.0. The Morgan fingerprint density at radius 2 is 0.540 bits per heavy atom. The van der Waals surface area contributed by atoms with Gasteiger partial charge in [-0.2, -0.15) is 0 Å². The van der Waals surface area contributed by atoms with E-state index >= 15 is 0 Å². The second-order valence-corrected chi connectivity index (χ2v) is 34.3. The first-order valence-electron chi connectivity index (χ1n) is 43.7. The molecule has 0 aromatic heterocycles. The highest BCUT2D eigenvalue weighted by Gasteiger charge is 2.26. The number of benzene rings is 6. The molecule has 0 radical (unpaired) electrons. The number of halogens is 1. The van der Waals surface area contributed by atoms with Crippen LogP contribution >= 0.6 is 15.9 Å². The fourth-order valence-corrected chi connectivity index (χ4v) is 15.7. The number of carbonyl (C=O) groups excluding carboxylic acids is 4. The summed E-state index contributed by atoms with van der Waals surface area (Å²) in [6.07, 6.45) is 11.1. The molecular weight excluding hydrogens is 1810 g/mol. The Labute approximate surface area is 796 Å². The van der Waals surface area contributed by atoms with E-state index in [1.807, 2.05) is 129 Å². The molecule has 13 aromatic rings. The predicted octanol–water partition coefficient (Wildman–Crippen LogP) is 19.8. The average Bonchev–Trinajstić information content (AvgIpc) is 1.80. The minimum Gasteiger partial charge on any atom is -0.504 e. The zero-order valence-electron chi connectivity index (χ0n) is 76.7. The Kier molecular flexibility index (Phi) is 36.7. The van der Waals surface area contributed by atoms with E-state index in [0.29, 0.717) is 79.1 Å². The maximum absolute atomic E-state index is 12.7. The van der Waals surface area contributed by atoms with Gasteiger partial charge >= 0.3 is 0 Å². The summed E-state index contributed by atoms with van der Waals surface area (Å²) in [5, 5.41) is 134. The van der Waals surface area contributed by atoms with Crippen LogP contribution in [0.2, 0.25) is 0 Å². The van der Waals surface area contributed by atoms with Crippen LogP contribution in [0.3, 0.4) is 0 Å². The Hall–Kier alpha value is -16.1. The highest BCUT2D eigenvalue weighted by Crippen LogP contribution is 2.37. The molecular formula is C111H105BrO25. The zero-order chi connectivity index (χ0) is 101. The van der Waals surface area contributed by atoms with Crippen molar-refractivity contribution >= 4 is 39.1 Å². The molecule has 2 fully saturated rings. The largest absolute Gasteiger partial charge is 0.504 e. The summed E-state index contributed by atoms with van der Waals surface area (Å²) in [4.78, 5) is 130. The molecule has 0 saturated heterocycles. The molecule has 0 aliphatic heterocycles. The first-order valence-corrected chi connectivity index (χ1v) is 44.5. The van der Waals surface area contributed by atoms with Crippen molar-refractivity contribution < 1.29 is 90.7 Å². The molecule has 25 nitrogen and oxygen atoms in total. The monoisotopic (exact) mass is 1920 g/mol. The number of aromatic hydroxyl groups is 14. The Morgan fingerprint density at radius 3 is 0.905 bits per heavy atom. The molecule has 2 aliphatic rings. The van der Waals surface area contributed by atoms with Gasteiger partial charge in [0.1, 0.15) is 0 Å². The number of Topliss-reactive ketones (excluding diaryl/α,β-unsaturated/α-hetero) is 2. The lowest BCUT2D eigenvalue weighted by Crippen LogP contribution is -2.18. The van der Waals surface area contributed by atoms with E-state index in [2.05, 4.69) is 15.9 Å². The molecule has 14 N–H and O–H groups in total. The molecule has 0 atom stereocenters. The number of hydrogen-bond donors (Lipinski definition) is 14. The Balaban J connectivity index is 0.000000180. The van der Waals surface area contributed by atoms with Gasteiger partial charge in [-0.25, -0.2) is 0 Å².